The summed E-state index contributed by atoms with van der Waals surface area (Å²) in [5.74, 6) is 0.278. The van der Waals surface area contributed by atoms with Gasteiger partial charge in [0, 0.05) is 13.1 Å². The first-order chi connectivity index (χ1) is 10.4. The van der Waals surface area contributed by atoms with Gasteiger partial charge >= 0.3 is 0 Å². The molecule has 1 heterocycles. The Labute approximate surface area is 126 Å². The van der Waals surface area contributed by atoms with E-state index in [0.717, 1.165) is 0 Å². The van der Waals surface area contributed by atoms with Crippen LogP contribution in [0.2, 0.25) is 0 Å². The van der Waals surface area contributed by atoms with Gasteiger partial charge in [-0.1, -0.05) is 5.16 Å². The van der Waals surface area contributed by atoms with E-state index in [1.807, 2.05) is 0 Å². The summed E-state index contributed by atoms with van der Waals surface area (Å²) < 4.78 is 10.1. The second kappa shape index (κ2) is 5.84. The van der Waals surface area contributed by atoms with Gasteiger partial charge in [-0.15, -0.1) is 0 Å². The van der Waals surface area contributed by atoms with Crippen LogP contribution in [-0.4, -0.2) is 30.1 Å². The number of nitrogens with zero attached hydrogens (tertiary/aromatic N) is 3. The van der Waals surface area contributed by atoms with E-state index in [0.29, 0.717) is 22.9 Å². The lowest BCUT2D eigenvalue weighted by Crippen LogP contribution is -2.27. The molecular formula is C14H15N3O5. The van der Waals surface area contributed by atoms with Crippen molar-refractivity contribution in [2.75, 3.05) is 19.1 Å². The molecule has 8 nitrogen and oxygen atoms in total. The van der Waals surface area contributed by atoms with Gasteiger partial charge in [-0.25, -0.2) is 0 Å². The van der Waals surface area contributed by atoms with Gasteiger partial charge in [0.15, 0.2) is 5.76 Å². The molecule has 0 aliphatic heterocycles. The van der Waals surface area contributed by atoms with Crippen LogP contribution >= 0.6 is 0 Å². The minimum absolute atomic E-state index is 0.0631. The Bertz CT molecular complexity index is 719. The third-order valence-electron chi connectivity index (χ3n) is 3.27. The third kappa shape index (κ3) is 2.62. The van der Waals surface area contributed by atoms with E-state index in [1.165, 1.54) is 37.3 Å². The molecular weight excluding hydrogens is 290 g/mol. The smallest absolute Gasteiger partial charge is 0.282 e. The molecule has 0 unspecified atom stereocenters. The lowest BCUT2D eigenvalue weighted by molar-refractivity contribution is -0.385. The topological polar surface area (TPSA) is 98.7 Å². The zero-order valence-corrected chi connectivity index (χ0v) is 12.6. The van der Waals surface area contributed by atoms with Crippen LogP contribution in [0.15, 0.2) is 22.7 Å². The molecule has 0 aliphatic carbocycles. The number of ether oxygens (including phenoxy) is 1. The number of aryl methyl sites for hydroxylation is 2. The zero-order chi connectivity index (χ0) is 16.4. The number of carbonyl (C=O) groups excluding carboxylic acids is 1. The molecule has 22 heavy (non-hydrogen) atoms. The van der Waals surface area contributed by atoms with Crippen LogP contribution < -0.4 is 9.64 Å². The van der Waals surface area contributed by atoms with Gasteiger partial charge in [0.05, 0.1) is 12.0 Å². The van der Waals surface area contributed by atoms with Gasteiger partial charge in [0.25, 0.3) is 11.6 Å². The highest BCUT2D eigenvalue weighted by atomic mass is 16.6. The van der Waals surface area contributed by atoms with Crippen molar-refractivity contribution in [1.82, 2.24) is 5.16 Å². The molecule has 0 spiro atoms. The first-order valence-electron chi connectivity index (χ1n) is 6.40. The van der Waals surface area contributed by atoms with Crippen LogP contribution in [0.1, 0.15) is 21.8 Å². The van der Waals surface area contributed by atoms with E-state index < -0.39 is 10.8 Å². The summed E-state index contributed by atoms with van der Waals surface area (Å²) in [5, 5.41) is 14.9. The van der Waals surface area contributed by atoms with Crippen LogP contribution in [0.25, 0.3) is 0 Å². The van der Waals surface area contributed by atoms with E-state index in [2.05, 4.69) is 5.16 Å². The number of amides is 1. The van der Waals surface area contributed by atoms with Crippen molar-refractivity contribution >= 4 is 17.3 Å². The first-order valence-corrected chi connectivity index (χ1v) is 6.40. The van der Waals surface area contributed by atoms with Crippen LogP contribution in [-0.2, 0) is 0 Å². The molecule has 2 rings (SSSR count). The summed E-state index contributed by atoms with van der Waals surface area (Å²) in [4.78, 5) is 24.4. The summed E-state index contributed by atoms with van der Waals surface area (Å²) >= 11 is 0. The maximum Gasteiger partial charge on any atom is 0.282 e. The zero-order valence-electron chi connectivity index (χ0n) is 12.6. The molecule has 1 aromatic carbocycles. The number of hydrogen-bond acceptors (Lipinski definition) is 6. The number of carbonyl (C=O) groups is 1. The second-order valence-corrected chi connectivity index (χ2v) is 4.68. The van der Waals surface area contributed by atoms with Gasteiger partial charge < -0.3 is 14.2 Å². The molecule has 0 saturated heterocycles. The molecule has 0 atom stereocenters. The predicted molar refractivity (Wildman–Crippen MR) is 78.4 cm³/mol. The quantitative estimate of drug-likeness (QED) is 0.635. The molecule has 0 aliphatic rings. The maximum atomic E-state index is 12.6. The number of methoxy groups -OCH3 is 1. The summed E-state index contributed by atoms with van der Waals surface area (Å²) in [7, 11) is 2.94. The Morgan fingerprint density at radius 2 is 2.09 bits per heavy atom. The third-order valence-corrected chi connectivity index (χ3v) is 3.27. The summed E-state index contributed by atoms with van der Waals surface area (Å²) in [6.07, 6.45) is 0. The SMILES string of the molecule is COc1ccc([N+](=O)[O-])c(C(=O)N(C)c2c(C)noc2C)c1. The Kier molecular flexibility index (Phi) is 4.11. The van der Waals surface area contributed by atoms with Crippen LogP contribution in [0.4, 0.5) is 11.4 Å². The predicted octanol–water partition coefficient (Wildman–Crippen LogP) is 2.48. The summed E-state index contributed by atoms with van der Waals surface area (Å²) in [5.41, 5.74) is 0.664. The average Bonchev–Trinajstić information content (AvgIpc) is 2.84. The standard InChI is InChI=1S/C14H15N3O5/c1-8-13(9(2)22-15-8)16(3)14(18)11-7-10(21-4)5-6-12(11)17(19)20/h5-7H,1-4H3. The Balaban J connectivity index is 2.50. The number of nitro benzene ring substituents is 1. The second-order valence-electron chi connectivity index (χ2n) is 4.68. The van der Waals surface area contributed by atoms with Crippen LogP contribution in [0.5, 0.6) is 5.75 Å². The normalized spacial score (nSPS) is 10.4. The van der Waals surface area contributed by atoms with Crippen molar-refractivity contribution in [2.24, 2.45) is 0 Å². The molecule has 2 aromatic rings. The highest BCUT2D eigenvalue weighted by Gasteiger charge is 2.27. The van der Waals surface area contributed by atoms with E-state index >= 15 is 0 Å². The maximum absolute atomic E-state index is 12.6. The fraction of sp³-hybridized carbons (Fsp3) is 0.286. The van der Waals surface area contributed by atoms with Gasteiger partial charge in [-0.05, 0) is 26.0 Å². The van der Waals surface area contributed by atoms with Crippen LogP contribution in [0.3, 0.4) is 0 Å². The minimum Gasteiger partial charge on any atom is -0.497 e. The number of rotatable bonds is 4. The van der Waals surface area contributed by atoms with Gasteiger partial charge in [0.1, 0.15) is 22.7 Å². The molecule has 0 bridgehead atoms. The average molecular weight is 305 g/mol. The Morgan fingerprint density at radius 3 is 2.59 bits per heavy atom. The van der Waals surface area contributed by atoms with E-state index in [9.17, 15) is 14.9 Å². The van der Waals surface area contributed by atoms with Crippen molar-refractivity contribution < 1.29 is 19.0 Å². The Hall–Kier alpha value is -2.90. The van der Waals surface area contributed by atoms with Crippen molar-refractivity contribution in [2.45, 2.75) is 13.8 Å². The molecule has 116 valence electrons. The van der Waals surface area contributed by atoms with Crippen molar-refractivity contribution in [3.63, 3.8) is 0 Å². The van der Waals surface area contributed by atoms with Crippen molar-refractivity contribution in [3.8, 4) is 5.75 Å². The first kappa shape index (κ1) is 15.5. The highest BCUT2D eigenvalue weighted by Crippen LogP contribution is 2.29. The summed E-state index contributed by atoms with van der Waals surface area (Å²) in [6, 6.07) is 4.02. The van der Waals surface area contributed by atoms with E-state index in [-0.39, 0.29) is 11.3 Å². The molecule has 8 heteroatoms. The van der Waals surface area contributed by atoms with Crippen molar-refractivity contribution in [1.29, 1.82) is 0 Å². The molecule has 1 aromatic heterocycles. The molecule has 0 saturated carbocycles. The Morgan fingerprint density at radius 1 is 1.41 bits per heavy atom. The number of aromatic nitrogens is 1. The summed E-state index contributed by atoms with van der Waals surface area (Å²) in [6.45, 7) is 3.36. The largest absolute Gasteiger partial charge is 0.497 e. The monoisotopic (exact) mass is 305 g/mol. The van der Waals surface area contributed by atoms with Gasteiger partial charge in [-0.2, -0.15) is 0 Å². The lowest BCUT2D eigenvalue weighted by Gasteiger charge is -2.17. The minimum atomic E-state index is -0.603. The van der Waals surface area contributed by atoms with E-state index in [4.69, 9.17) is 9.26 Å². The van der Waals surface area contributed by atoms with Crippen molar-refractivity contribution in [3.05, 3.63) is 45.3 Å². The van der Waals surface area contributed by atoms with Gasteiger partial charge in [-0.3, -0.25) is 14.9 Å². The fourth-order valence-electron chi connectivity index (χ4n) is 2.21. The van der Waals surface area contributed by atoms with Crippen LogP contribution in [0, 0.1) is 24.0 Å². The van der Waals surface area contributed by atoms with Gasteiger partial charge in [0.2, 0.25) is 0 Å². The van der Waals surface area contributed by atoms with E-state index in [1.54, 1.807) is 13.8 Å². The molecule has 0 N–H and O–H groups in total. The number of nitro groups is 1. The lowest BCUT2D eigenvalue weighted by atomic mass is 10.1. The highest BCUT2D eigenvalue weighted by molar-refractivity contribution is 6.09. The molecule has 1 amide bonds. The number of anilines is 1. The number of benzene rings is 1. The fourth-order valence-corrected chi connectivity index (χ4v) is 2.21. The molecule has 0 radical (unpaired) electrons. The number of hydrogen-bond donors (Lipinski definition) is 0. The molecule has 0 fully saturated rings.